The van der Waals surface area contributed by atoms with Gasteiger partial charge in [0, 0.05) is 12.1 Å². The van der Waals surface area contributed by atoms with Crippen molar-refractivity contribution in [1.29, 1.82) is 0 Å². The summed E-state index contributed by atoms with van der Waals surface area (Å²) in [7, 11) is 0. The molecular weight excluding hydrogens is 408 g/mol. The Kier molecular flexibility index (Phi) is 4.65. The first-order valence-corrected chi connectivity index (χ1v) is 10.4. The van der Waals surface area contributed by atoms with E-state index in [1.165, 1.54) is 0 Å². The van der Waals surface area contributed by atoms with Crippen LogP contribution in [-0.4, -0.2) is 38.6 Å². The van der Waals surface area contributed by atoms with Gasteiger partial charge < -0.3 is 19.7 Å². The summed E-state index contributed by atoms with van der Waals surface area (Å²) >= 11 is 0. The van der Waals surface area contributed by atoms with Crippen molar-refractivity contribution in [3.05, 3.63) is 71.8 Å². The molecule has 0 bridgehead atoms. The molecule has 0 spiro atoms. The van der Waals surface area contributed by atoms with E-state index in [0.29, 0.717) is 28.4 Å². The van der Waals surface area contributed by atoms with Gasteiger partial charge in [-0.15, -0.1) is 0 Å². The Bertz CT molecular complexity index is 1210. The lowest BCUT2D eigenvalue weighted by Gasteiger charge is -2.32. The second-order valence-corrected chi connectivity index (χ2v) is 8.97. The summed E-state index contributed by atoms with van der Waals surface area (Å²) in [4.78, 5) is 33.2. The van der Waals surface area contributed by atoms with Crippen molar-refractivity contribution in [2.45, 2.75) is 38.9 Å². The molecule has 1 N–H and O–H groups in total. The van der Waals surface area contributed by atoms with Crippen LogP contribution in [0.4, 0.5) is 0 Å². The van der Waals surface area contributed by atoms with Crippen LogP contribution in [0, 0.1) is 0 Å². The van der Waals surface area contributed by atoms with E-state index in [4.69, 9.17) is 9.47 Å². The zero-order valence-corrected chi connectivity index (χ0v) is 18.2. The van der Waals surface area contributed by atoms with E-state index >= 15 is 0 Å². The molecule has 0 saturated heterocycles. The number of carbonyl (C=O) groups is 2. The number of nitrogens with zero attached hydrogens (tertiary/aromatic N) is 3. The maximum Gasteiger partial charge on any atom is 0.257 e. The summed E-state index contributed by atoms with van der Waals surface area (Å²) in [5.41, 5.74) is 2.21. The lowest BCUT2D eigenvalue weighted by Crippen LogP contribution is -2.49. The van der Waals surface area contributed by atoms with Crippen molar-refractivity contribution in [2.24, 2.45) is 0 Å². The van der Waals surface area contributed by atoms with Crippen molar-refractivity contribution < 1.29 is 19.1 Å². The number of amides is 2. The van der Waals surface area contributed by atoms with Crippen LogP contribution < -0.4 is 14.8 Å². The molecule has 1 aromatic heterocycles. The maximum atomic E-state index is 13.8. The quantitative estimate of drug-likeness (QED) is 0.687. The van der Waals surface area contributed by atoms with E-state index in [2.05, 4.69) is 10.3 Å². The predicted molar refractivity (Wildman–Crippen MR) is 117 cm³/mol. The average molecular weight is 432 g/mol. The predicted octanol–water partition coefficient (Wildman–Crippen LogP) is 3.21. The minimum absolute atomic E-state index is 0.171. The summed E-state index contributed by atoms with van der Waals surface area (Å²) in [5, 5.41) is 3.03. The molecule has 0 fully saturated rings. The summed E-state index contributed by atoms with van der Waals surface area (Å²) in [6, 6.07) is 12.0. The Morgan fingerprint density at radius 1 is 1.16 bits per heavy atom. The largest absolute Gasteiger partial charge is 0.454 e. The number of aromatic nitrogens is 2. The van der Waals surface area contributed by atoms with Gasteiger partial charge in [-0.05, 0) is 50.6 Å². The number of fused-ring (bicyclic) bond motifs is 4. The molecule has 8 heteroatoms. The molecule has 32 heavy (non-hydrogen) atoms. The van der Waals surface area contributed by atoms with Crippen molar-refractivity contribution in [1.82, 2.24) is 19.8 Å². The average Bonchev–Trinajstić information content (AvgIpc) is 3.39. The molecule has 0 saturated carbocycles. The molecule has 164 valence electrons. The van der Waals surface area contributed by atoms with Gasteiger partial charge in [-0.2, -0.15) is 0 Å². The first kappa shape index (κ1) is 20.1. The molecule has 1 unspecified atom stereocenters. The first-order chi connectivity index (χ1) is 15.3. The molecule has 2 amide bonds. The van der Waals surface area contributed by atoms with E-state index in [-0.39, 0.29) is 25.2 Å². The number of para-hydroxylation sites is 1. The number of hydrogen-bond donors (Lipinski definition) is 1. The number of ether oxygens (including phenoxy) is 2. The van der Waals surface area contributed by atoms with Crippen molar-refractivity contribution in [3.63, 3.8) is 0 Å². The third-order valence-corrected chi connectivity index (χ3v) is 5.45. The minimum atomic E-state index is -0.859. The molecule has 0 aliphatic carbocycles. The van der Waals surface area contributed by atoms with Crippen LogP contribution in [-0.2, 0) is 11.3 Å². The Morgan fingerprint density at radius 2 is 1.94 bits per heavy atom. The highest BCUT2D eigenvalue weighted by atomic mass is 16.7. The van der Waals surface area contributed by atoms with Crippen LogP contribution in [0.15, 0.2) is 55.0 Å². The summed E-state index contributed by atoms with van der Waals surface area (Å²) in [5.74, 6) is 0.810. The second kappa shape index (κ2) is 7.40. The summed E-state index contributed by atoms with van der Waals surface area (Å²) in [6.45, 7) is 6.13. The Labute approximate surface area is 185 Å². The van der Waals surface area contributed by atoms with E-state index in [9.17, 15) is 9.59 Å². The van der Waals surface area contributed by atoms with E-state index in [0.717, 1.165) is 5.56 Å². The standard InChI is InChI=1S/C24H24N4O4/c1-24(2,3)26-22(29)21-18-11-25-13-28(18)17-7-5-4-6-16(17)23(30)27(21)12-15-8-9-19-20(10-15)32-14-31-19/h4-11,13,21H,12,14H2,1-3H3,(H,26,29). The fraction of sp³-hybridized carbons (Fsp3) is 0.292. The topological polar surface area (TPSA) is 85.7 Å². The van der Waals surface area contributed by atoms with Crippen molar-refractivity contribution in [2.75, 3.05) is 6.79 Å². The molecule has 1 atom stereocenters. The molecule has 5 rings (SSSR count). The van der Waals surface area contributed by atoms with E-state index in [1.54, 1.807) is 23.5 Å². The molecule has 3 heterocycles. The molecule has 0 radical (unpaired) electrons. The Hall–Kier alpha value is -3.81. The van der Waals surface area contributed by atoms with Gasteiger partial charge in [0.15, 0.2) is 17.5 Å². The molecule has 8 nitrogen and oxygen atoms in total. The van der Waals surface area contributed by atoms with Gasteiger partial charge in [-0.1, -0.05) is 18.2 Å². The maximum absolute atomic E-state index is 13.8. The van der Waals surface area contributed by atoms with Crippen LogP contribution in [0.3, 0.4) is 0 Å². The molecule has 2 aliphatic heterocycles. The normalized spacial score (nSPS) is 16.9. The monoisotopic (exact) mass is 432 g/mol. The zero-order chi connectivity index (χ0) is 22.5. The summed E-state index contributed by atoms with van der Waals surface area (Å²) in [6.07, 6.45) is 3.29. The SMILES string of the molecule is CC(C)(C)NC(=O)C1c2cncn2-c2ccccc2C(=O)N1Cc1ccc2c(c1)OCO2. The Balaban J connectivity index is 1.63. The third-order valence-electron chi connectivity index (χ3n) is 5.45. The minimum Gasteiger partial charge on any atom is -0.454 e. The lowest BCUT2D eigenvalue weighted by molar-refractivity contribution is -0.127. The first-order valence-electron chi connectivity index (χ1n) is 10.4. The molecule has 3 aromatic rings. The highest BCUT2D eigenvalue weighted by Gasteiger charge is 2.39. The van der Waals surface area contributed by atoms with E-state index < -0.39 is 11.6 Å². The molecule has 2 aliphatic rings. The highest BCUT2D eigenvalue weighted by Crippen LogP contribution is 2.36. The van der Waals surface area contributed by atoms with Gasteiger partial charge in [-0.3, -0.25) is 14.2 Å². The summed E-state index contributed by atoms with van der Waals surface area (Å²) < 4.78 is 12.7. The van der Waals surface area contributed by atoms with Gasteiger partial charge in [-0.25, -0.2) is 4.98 Å². The van der Waals surface area contributed by atoms with Gasteiger partial charge in [0.2, 0.25) is 12.7 Å². The number of hydrogen-bond acceptors (Lipinski definition) is 5. The number of benzene rings is 2. The Morgan fingerprint density at radius 3 is 2.75 bits per heavy atom. The van der Waals surface area contributed by atoms with Crippen LogP contribution in [0.25, 0.3) is 5.69 Å². The zero-order valence-electron chi connectivity index (χ0n) is 18.2. The number of imidazole rings is 1. The number of nitrogens with one attached hydrogen (secondary N) is 1. The highest BCUT2D eigenvalue weighted by molar-refractivity contribution is 6.01. The van der Waals surface area contributed by atoms with Gasteiger partial charge >= 0.3 is 0 Å². The van der Waals surface area contributed by atoms with Crippen LogP contribution in [0.5, 0.6) is 11.5 Å². The fourth-order valence-electron chi connectivity index (χ4n) is 4.12. The van der Waals surface area contributed by atoms with Crippen molar-refractivity contribution in [3.8, 4) is 17.2 Å². The van der Waals surface area contributed by atoms with Gasteiger partial charge in [0.05, 0.1) is 29.5 Å². The van der Waals surface area contributed by atoms with Crippen LogP contribution in [0.1, 0.15) is 48.4 Å². The van der Waals surface area contributed by atoms with E-state index in [1.807, 2.05) is 61.7 Å². The van der Waals surface area contributed by atoms with Gasteiger partial charge in [0.25, 0.3) is 5.91 Å². The smallest absolute Gasteiger partial charge is 0.257 e. The number of carbonyl (C=O) groups excluding carboxylic acids is 2. The third kappa shape index (κ3) is 3.47. The number of rotatable bonds is 3. The van der Waals surface area contributed by atoms with Gasteiger partial charge in [0.1, 0.15) is 0 Å². The van der Waals surface area contributed by atoms with Crippen LogP contribution in [0.2, 0.25) is 0 Å². The van der Waals surface area contributed by atoms with Crippen molar-refractivity contribution >= 4 is 11.8 Å². The molecular formula is C24H24N4O4. The van der Waals surface area contributed by atoms with Crippen LogP contribution >= 0.6 is 0 Å². The lowest BCUT2D eigenvalue weighted by atomic mass is 10.0. The molecule has 2 aromatic carbocycles. The fourth-order valence-corrected chi connectivity index (χ4v) is 4.12. The second-order valence-electron chi connectivity index (χ2n) is 8.97.